The standard InChI is InChI=1S/C20H29N7O2S3.C4H10/c1-26-6-8-27(9-7-26)5-3-2-4-14-10-15(29-12-14)11-22-18-19(25-32-24-18)23-16-13-30-20(31-21)17(16)28;1-4(2)3/h10,12-13,28H,2-9,11,21H2,1H3,(H,22,24)(H,23,25);4H,1-3H3. The molecule has 0 saturated carbocycles. The molecule has 0 radical (unpaired) electrons. The molecule has 0 aromatic carbocycles. The Morgan fingerprint density at radius 3 is 2.58 bits per heavy atom. The van der Waals surface area contributed by atoms with Crippen molar-refractivity contribution >= 4 is 52.3 Å². The molecular formula is C24H39N7O2S3. The molecule has 5 N–H and O–H groups in total. The summed E-state index contributed by atoms with van der Waals surface area (Å²) in [7, 11) is 2.19. The minimum absolute atomic E-state index is 0.129. The van der Waals surface area contributed by atoms with Crippen molar-refractivity contribution in [1.82, 2.24) is 18.5 Å². The number of piperazine rings is 1. The number of rotatable bonds is 11. The topological polar surface area (TPSA) is 116 Å². The summed E-state index contributed by atoms with van der Waals surface area (Å²) in [5.41, 5.74) is 1.79. The van der Waals surface area contributed by atoms with Gasteiger partial charge in [-0.05, 0) is 62.4 Å². The van der Waals surface area contributed by atoms with E-state index in [1.807, 2.05) is 6.26 Å². The minimum Gasteiger partial charge on any atom is -0.504 e. The lowest BCUT2D eigenvalue weighted by molar-refractivity contribution is 0.152. The smallest absolute Gasteiger partial charge is 0.188 e. The van der Waals surface area contributed by atoms with Crippen LogP contribution in [0.3, 0.4) is 0 Å². The molecule has 0 atom stereocenters. The molecule has 4 heterocycles. The first kappa shape index (κ1) is 28.7. The van der Waals surface area contributed by atoms with E-state index >= 15 is 0 Å². The summed E-state index contributed by atoms with van der Waals surface area (Å²) in [6, 6.07) is 2.10. The first-order valence-corrected chi connectivity index (χ1v) is 14.8. The zero-order valence-electron chi connectivity index (χ0n) is 21.6. The molecule has 36 heavy (non-hydrogen) atoms. The molecule has 3 aromatic rings. The van der Waals surface area contributed by atoms with Gasteiger partial charge in [-0.2, -0.15) is 8.75 Å². The Balaban J connectivity index is 0.000000840. The number of likely N-dealkylation sites (N-methyl/N-ethyl adjacent to an activating group) is 1. The van der Waals surface area contributed by atoms with Gasteiger partial charge in [0.25, 0.3) is 0 Å². The zero-order chi connectivity index (χ0) is 25.9. The Hall–Kier alpha value is -1.83. The second-order valence-corrected chi connectivity index (χ2v) is 11.9. The fourth-order valence-electron chi connectivity index (χ4n) is 3.58. The molecule has 4 rings (SSSR count). The van der Waals surface area contributed by atoms with E-state index in [1.54, 1.807) is 5.38 Å². The van der Waals surface area contributed by atoms with Crippen molar-refractivity contribution in [1.29, 1.82) is 0 Å². The number of thiophene rings is 1. The molecule has 0 amide bonds. The van der Waals surface area contributed by atoms with Crippen LogP contribution in [0.2, 0.25) is 0 Å². The second kappa shape index (κ2) is 14.8. The summed E-state index contributed by atoms with van der Waals surface area (Å²) in [4.78, 5) is 4.95. The van der Waals surface area contributed by atoms with E-state index < -0.39 is 0 Å². The van der Waals surface area contributed by atoms with E-state index in [2.05, 4.69) is 63.1 Å². The highest BCUT2D eigenvalue weighted by Gasteiger charge is 2.15. The fourth-order valence-corrected chi connectivity index (χ4v) is 5.27. The van der Waals surface area contributed by atoms with Gasteiger partial charge < -0.3 is 30.0 Å². The summed E-state index contributed by atoms with van der Waals surface area (Å²) < 4.78 is 14.9. The summed E-state index contributed by atoms with van der Waals surface area (Å²) in [6.45, 7) is 12.9. The lowest BCUT2D eigenvalue weighted by atomic mass is 10.1. The Labute approximate surface area is 226 Å². The summed E-state index contributed by atoms with van der Waals surface area (Å²) >= 11 is 3.49. The molecule has 1 saturated heterocycles. The predicted octanol–water partition coefficient (Wildman–Crippen LogP) is 5.45. The van der Waals surface area contributed by atoms with Gasteiger partial charge in [0.05, 0.1) is 30.2 Å². The Morgan fingerprint density at radius 1 is 1.17 bits per heavy atom. The van der Waals surface area contributed by atoms with Crippen LogP contribution in [0.4, 0.5) is 17.3 Å². The molecule has 1 fully saturated rings. The number of nitrogens with zero attached hydrogens (tertiary/aromatic N) is 4. The van der Waals surface area contributed by atoms with E-state index in [0.717, 1.165) is 48.2 Å². The molecule has 3 aromatic heterocycles. The summed E-state index contributed by atoms with van der Waals surface area (Å²) in [5, 5.41) is 23.9. The molecule has 9 nitrogen and oxygen atoms in total. The highest BCUT2D eigenvalue weighted by molar-refractivity contribution is 7.99. The Kier molecular flexibility index (Phi) is 11.8. The van der Waals surface area contributed by atoms with Gasteiger partial charge in [-0.1, -0.05) is 20.8 Å². The van der Waals surface area contributed by atoms with Crippen molar-refractivity contribution in [2.24, 2.45) is 11.1 Å². The van der Waals surface area contributed by atoms with Gasteiger partial charge in [0, 0.05) is 31.6 Å². The lowest BCUT2D eigenvalue weighted by Gasteiger charge is -2.32. The van der Waals surface area contributed by atoms with Gasteiger partial charge in [-0.3, -0.25) is 5.14 Å². The van der Waals surface area contributed by atoms with Crippen molar-refractivity contribution in [2.45, 2.75) is 50.8 Å². The van der Waals surface area contributed by atoms with E-state index in [1.165, 1.54) is 56.0 Å². The summed E-state index contributed by atoms with van der Waals surface area (Å²) in [5.74, 6) is 3.00. The van der Waals surface area contributed by atoms with Gasteiger partial charge in [-0.15, -0.1) is 11.3 Å². The fraction of sp³-hybridized carbons (Fsp3) is 0.583. The average molecular weight is 554 g/mol. The van der Waals surface area contributed by atoms with Crippen LogP contribution >= 0.6 is 35.0 Å². The molecule has 12 heteroatoms. The lowest BCUT2D eigenvalue weighted by Crippen LogP contribution is -2.44. The highest BCUT2D eigenvalue weighted by Crippen LogP contribution is 2.41. The highest BCUT2D eigenvalue weighted by atomic mass is 32.2. The average Bonchev–Trinajstić information content (AvgIpc) is 3.57. The first-order valence-electron chi connectivity index (χ1n) is 12.3. The van der Waals surface area contributed by atoms with Crippen LogP contribution < -0.4 is 15.8 Å². The van der Waals surface area contributed by atoms with Crippen molar-refractivity contribution < 1.29 is 9.52 Å². The quantitative estimate of drug-likeness (QED) is 0.180. The van der Waals surface area contributed by atoms with Gasteiger partial charge in [0.1, 0.15) is 9.97 Å². The number of aromatic nitrogens is 2. The molecule has 0 aliphatic carbocycles. The van der Waals surface area contributed by atoms with E-state index in [0.29, 0.717) is 28.1 Å². The Bertz CT molecular complexity index is 1030. The number of unbranched alkanes of at least 4 members (excludes halogenated alkanes) is 1. The minimum atomic E-state index is 0.129. The number of hydrogen-bond acceptors (Lipinski definition) is 12. The molecule has 200 valence electrons. The number of anilines is 3. The monoisotopic (exact) mass is 553 g/mol. The van der Waals surface area contributed by atoms with Crippen LogP contribution in [0.5, 0.6) is 5.75 Å². The first-order chi connectivity index (χ1) is 17.4. The maximum atomic E-state index is 10.2. The van der Waals surface area contributed by atoms with E-state index in [9.17, 15) is 5.11 Å². The molecular weight excluding hydrogens is 515 g/mol. The second-order valence-electron chi connectivity index (χ2n) is 9.60. The van der Waals surface area contributed by atoms with Gasteiger partial charge in [0.15, 0.2) is 17.4 Å². The SMILES string of the molecule is CC(C)C.CN1CCN(CCCCc2coc(CNc3nsnc3Nc3csc(SN)c3O)c2)CC1. The largest absolute Gasteiger partial charge is 0.504 e. The third-order valence-electron chi connectivity index (χ3n) is 5.50. The molecule has 0 unspecified atom stereocenters. The predicted molar refractivity (Wildman–Crippen MR) is 153 cm³/mol. The van der Waals surface area contributed by atoms with Gasteiger partial charge in [-0.25, -0.2) is 0 Å². The molecule has 1 aliphatic heterocycles. The number of furan rings is 1. The Morgan fingerprint density at radius 2 is 1.89 bits per heavy atom. The van der Waals surface area contributed by atoms with Gasteiger partial charge >= 0.3 is 0 Å². The van der Waals surface area contributed by atoms with Crippen LogP contribution in [0.1, 0.15) is 44.9 Å². The molecule has 1 aliphatic rings. The van der Waals surface area contributed by atoms with E-state index in [4.69, 9.17) is 9.56 Å². The summed E-state index contributed by atoms with van der Waals surface area (Å²) in [6.07, 6.45) is 5.25. The van der Waals surface area contributed by atoms with E-state index in [-0.39, 0.29) is 5.75 Å². The number of hydrogen-bond donors (Lipinski definition) is 4. The van der Waals surface area contributed by atoms with Gasteiger partial charge in [0.2, 0.25) is 0 Å². The number of nitrogens with two attached hydrogens (primary N) is 1. The molecule has 0 bridgehead atoms. The van der Waals surface area contributed by atoms with Crippen LogP contribution in [-0.4, -0.2) is 63.4 Å². The van der Waals surface area contributed by atoms with Crippen LogP contribution in [-0.2, 0) is 13.0 Å². The number of aryl methyl sites for hydroxylation is 1. The maximum absolute atomic E-state index is 10.2. The van der Waals surface area contributed by atoms with Crippen LogP contribution in [0, 0.1) is 5.92 Å². The van der Waals surface area contributed by atoms with Crippen LogP contribution in [0.15, 0.2) is 26.3 Å². The van der Waals surface area contributed by atoms with Crippen molar-refractivity contribution in [3.05, 3.63) is 29.0 Å². The number of nitrogens with one attached hydrogen (secondary N) is 2. The normalized spacial score (nSPS) is 14.6. The van der Waals surface area contributed by atoms with Crippen molar-refractivity contribution in [2.75, 3.05) is 50.4 Å². The zero-order valence-corrected chi connectivity index (χ0v) is 24.1. The van der Waals surface area contributed by atoms with Crippen LogP contribution in [0.25, 0.3) is 0 Å². The van der Waals surface area contributed by atoms with Crippen molar-refractivity contribution in [3.63, 3.8) is 0 Å². The maximum Gasteiger partial charge on any atom is 0.188 e. The third-order valence-corrected chi connectivity index (χ3v) is 7.78. The number of aromatic hydroxyl groups is 1. The van der Waals surface area contributed by atoms with Crippen molar-refractivity contribution in [3.8, 4) is 5.75 Å². The molecule has 0 spiro atoms. The third kappa shape index (κ3) is 9.24.